The van der Waals surface area contributed by atoms with Gasteiger partial charge in [0.2, 0.25) is 10.0 Å². The van der Waals surface area contributed by atoms with Crippen LogP contribution in [0.15, 0.2) is 0 Å². The molecule has 0 saturated carbocycles. The van der Waals surface area contributed by atoms with Crippen LogP contribution in [0, 0.1) is 5.92 Å². The lowest BCUT2D eigenvalue weighted by atomic mass is 10.1. The molecule has 5 nitrogen and oxygen atoms in total. The molecule has 1 unspecified atom stereocenters. The third-order valence-corrected chi connectivity index (χ3v) is 4.64. The third kappa shape index (κ3) is 3.17. The molecule has 1 heterocycles. The Balaban J connectivity index is 2.67. The minimum Gasteiger partial charge on any atom is -0.481 e. The van der Waals surface area contributed by atoms with E-state index in [1.165, 1.54) is 4.31 Å². The molecule has 0 aromatic heterocycles. The quantitative estimate of drug-likeness (QED) is 0.771. The van der Waals surface area contributed by atoms with E-state index in [4.69, 9.17) is 5.11 Å². The number of carboxylic acid groups (broad SMARTS) is 1. The summed E-state index contributed by atoms with van der Waals surface area (Å²) < 4.78 is 24.5. The maximum Gasteiger partial charge on any atom is 0.307 e. The highest BCUT2D eigenvalue weighted by atomic mass is 32.2. The van der Waals surface area contributed by atoms with Gasteiger partial charge in [0.15, 0.2) is 0 Å². The number of aliphatic carboxylic acids is 1. The molecule has 88 valence electrons. The Morgan fingerprint density at radius 2 is 2.13 bits per heavy atom. The summed E-state index contributed by atoms with van der Waals surface area (Å²) in [5.41, 5.74) is 0. The highest BCUT2D eigenvalue weighted by Crippen LogP contribution is 2.16. The molecule has 0 spiro atoms. The topological polar surface area (TPSA) is 74.7 Å². The van der Waals surface area contributed by atoms with Crippen LogP contribution in [-0.4, -0.2) is 42.6 Å². The van der Waals surface area contributed by atoms with Crippen molar-refractivity contribution in [1.29, 1.82) is 0 Å². The van der Waals surface area contributed by atoms with Crippen LogP contribution in [0.2, 0.25) is 0 Å². The largest absolute Gasteiger partial charge is 0.481 e. The molecule has 1 aliphatic heterocycles. The zero-order valence-corrected chi connectivity index (χ0v) is 9.66. The average Bonchev–Trinajstić information content (AvgIpc) is 2.15. The van der Waals surface area contributed by atoms with E-state index < -0.39 is 21.9 Å². The summed E-state index contributed by atoms with van der Waals surface area (Å²) in [6, 6.07) is 0. The molecule has 0 aromatic rings. The van der Waals surface area contributed by atoms with E-state index in [0.717, 1.165) is 6.42 Å². The summed E-state index contributed by atoms with van der Waals surface area (Å²) in [6.07, 6.45) is 1.97. The summed E-state index contributed by atoms with van der Waals surface area (Å²) in [4.78, 5) is 10.8. The van der Waals surface area contributed by atoms with E-state index >= 15 is 0 Å². The Morgan fingerprint density at radius 1 is 1.47 bits per heavy atom. The molecule has 1 rings (SSSR count). The molecular formula is C9H17NO4S. The van der Waals surface area contributed by atoms with Crippen LogP contribution >= 0.6 is 0 Å². The van der Waals surface area contributed by atoms with Gasteiger partial charge in [0.25, 0.3) is 0 Å². The standard InChI is InChI=1S/C9H17NO4S/c1-2-8(9(11)12)7-10-5-3-4-6-15(10,13)14/h8H,2-7H2,1H3,(H,11,12). The third-order valence-electron chi connectivity index (χ3n) is 2.72. The first kappa shape index (κ1) is 12.4. The van der Waals surface area contributed by atoms with Gasteiger partial charge in [-0.1, -0.05) is 6.92 Å². The molecule has 0 aliphatic carbocycles. The summed E-state index contributed by atoms with van der Waals surface area (Å²) in [5, 5.41) is 8.85. The van der Waals surface area contributed by atoms with Crippen LogP contribution in [0.25, 0.3) is 0 Å². The van der Waals surface area contributed by atoms with Crippen molar-refractivity contribution in [1.82, 2.24) is 4.31 Å². The molecule has 0 bridgehead atoms. The lowest BCUT2D eigenvalue weighted by molar-refractivity contribution is -0.142. The van der Waals surface area contributed by atoms with Gasteiger partial charge in [-0.25, -0.2) is 12.7 Å². The van der Waals surface area contributed by atoms with Gasteiger partial charge in [-0.2, -0.15) is 0 Å². The van der Waals surface area contributed by atoms with Crippen molar-refractivity contribution in [3.8, 4) is 0 Å². The number of nitrogens with zero attached hydrogens (tertiary/aromatic N) is 1. The fraction of sp³-hybridized carbons (Fsp3) is 0.889. The van der Waals surface area contributed by atoms with E-state index in [0.29, 0.717) is 19.4 Å². The van der Waals surface area contributed by atoms with Crippen LogP contribution in [0.3, 0.4) is 0 Å². The molecular weight excluding hydrogens is 218 g/mol. The van der Waals surface area contributed by atoms with Crippen LogP contribution in [0.4, 0.5) is 0 Å². The molecule has 0 radical (unpaired) electrons. The maximum atomic E-state index is 11.6. The highest BCUT2D eigenvalue weighted by molar-refractivity contribution is 7.89. The monoisotopic (exact) mass is 235 g/mol. The second-order valence-electron chi connectivity index (χ2n) is 3.82. The van der Waals surface area contributed by atoms with Crippen LogP contribution < -0.4 is 0 Å². The molecule has 0 amide bonds. The van der Waals surface area contributed by atoms with E-state index in [-0.39, 0.29) is 12.3 Å². The second-order valence-corrected chi connectivity index (χ2v) is 5.91. The first-order valence-corrected chi connectivity index (χ1v) is 6.79. The number of sulfonamides is 1. The Hall–Kier alpha value is -0.620. The van der Waals surface area contributed by atoms with Gasteiger partial charge in [0, 0.05) is 13.1 Å². The van der Waals surface area contributed by atoms with Crippen LogP contribution in [-0.2, 0) is 14.8 Å². The molecule has 6 heteroatoms. The molecule has 1 aliphatic rings. The minimum atomic E-state index is -3.19. The van der Waals surface area contributed by atoms with Gasteiger partial charge in [0.1, 0.15) is 0 Å². The van der Waals surface area contributed by atoms with Crippen molar-refractivity contribution in [3.05, 3.63) is 0 Å². The van der Waals surface area contributed by atoms with Crippen LogP contribution in [0.5, 0.6) is 0 Å². The number of hydrogen-bond donors (Lipinski definition) is 1. The number of hydrogen-bond acceptors (Lipinski definition) is 3. The average molecular weight is 235 g/mol. The van der Waals surface area contributed by atoms with Gasteiger partial charge in [0.05, 0.1) is 11.7 Å². The SMILES string of the molecule is CCC(CN1CCCCS1(=O)=O)C(=O)O. The van der Waals surface area contributed by atoms with Crippen molar-refractivity contribution < 1.29 is 18.3 Å². The molecule has 15 heavy (non-hydrogen) atoms. The normalized spacial score (nSPS) is 23.5. The molecule has 1 saturated heterocycles. The lowest BCUT2D eigenvalue weighted by Crippen LogP contribution is -2.42. The molecule has 1 N–H and O–H groups in total. The Kier molecular flexibility index (Phi) is 4.10. The summed E-state index contributed by atoms with van der Waals surface area (Å²) in [7, 11) is -3.19. The van der Waals surface area contributed by atoms with Crippen molar-refractivity contribution in [2.45, 2.75) is 26.2 Å². The zero-order valence-electron chi connectivity index (χ0n) is 8.85. The number of rotatable bonds is 4. The Morgan fingerprint density at radius 3 is 2.60 bits per heavy atom. The van der Waals surface area contributed by atoms with E-state index in [9.17, 15) is 13.2 Å². The highest BCUT2D eigenvalue weighted by Gasteiger charge is 2.29. The number of carbonyl (C=O) groups is 1. The van der Waals surface area contributed by atoms with Gasteiger partial charge < -0.3 is 5.11 Å². The van der Waals surface area contributed by atoms with E-state index in [2.05, 4.69) is 0 Å². The first-order chi connectivity index (χ1) is 6.97. The summed E-state index contributed by atoms with van der Waals surface area (Å²) in [5.74, 6) is -1.35. The van der Waals surface area contributed by atoms with E-state index in [1.54, 1.807) is 6.92 Å². The molecule has 1 fully saturated rings. The predicted molar refractivity (Wildman–Crippen MR) is 56.0 cm³/mol. The zero-order chi connectivity index (χ0) is 11.5. The fourth-order valence-electron chi connectivity index (χ4n) is 1.67. The van der Waals surface area contributed by atoms with Crippen molar-refractivity contribution in [2.24, 2.45) is 5.92 Å². The summed E-state index contributed by atoms with van der Waals surface area (Å²) in [6.45, 7) is 2.34. The Labute approximate surface area is 90.1 Å². The fourth-order valence-corrected chi connectivity index (χ4v) is 3.31. The summed E-state index contributed by atoms with van der Waals surface area (Å²) >= 11 is 0. The van der Waals surface area contributed by atoms with Crippen molar-refractivity contribution >= 4 is 16.0 Å². The van der Waals surface area contributed by atoms with E-state index in [1.807, 2.05) is 0 Å². The van der Waals surface area contributed by atoms with Gasteiger partial charge >= 0.3 is 5.97 Å². The van der Waals surface area contributed by atoms with Crippen molar-refractivity contribution in [3.63, 3.8) is 0 Å². The number of carboxylic acids is 1. The minimum absolute atomic E-state index is 0.119. The van der Waals surface area contributed by atoms with Crippen LogP contribution in [0.1, 0.15) is 26.2 Å². The van der Waals surface area contributed by atoms with Gasteiger partial charge in [-0.15, -0.1) is 0 Å². The van der Waals surface area contributed by atoms with Gasteiger partial charge in [-0.05, 0) is 19.3 Å². The lowest BCUT2D eigenvalue weighted by Gasteiger charge is -2.28. The smallest absolute Gasteiger partial charge is 0.307 e. The first-order valence-electron chi connectivity index (χ1n) is 5.18. The van der Waals surface area contributed by atoms with Gasteiger partial charge in [-0.3, -0.25) is 4.79 Å². The Bertz CT molecular complexity index is 325. The second kappa shape index (κ2) is 4.94. The maximum absolute atomic E-state index is 11.6. The molecule has 0 aromatic carbocycles. The van der Waals surface area contributed by atoms with Crippen molar-refractivity contribution in [2.75, 3.05) is 18.8 Å². The molecule has 1 atom stereocenters. The predicted octanol–water partition coefficient (Wildman–Crippen LogP) is 0.523.